The maximum absolute atomic E-state index is 13.2. The number of benzene rings is 2. The maximum Gasteiger partial charge on any atom is 0.241 e. The van der Waals surface area contributed by atoms with Gasteiger partial charge in [-0.25, -0.2) is 8.42 Å². The summed E-state index contributed by atoms with van der Waals surface area (Å²) in [6.07, 6.45) is 3.34. The van der Waals surface area contributed by atoms with Crippen LogP contribution in [0.15, 0.2) is 71.9 Å². The van der Waals surface area contributed by atoms with E-state index in [4.69, 9.17) is 0 Å². The van der Waals surface area contributed by atoms with Crippen molar-refractivity contribution in [3.63, 3.8) is 0 Å². The molecule has 1 heterocycles. The Morgan fingerprint density at radius 3 is 1.96 bits per heavy atom. The predicted molar refractivity (Wildman–Crippen MR) is 103 cm³/mol. The highest BCUT2D eigenvalue weighted by Crippen LogP contribution is 2.27. The van der Waals surface area contributed by atoms with E-state index < -0.39 is 16.1 Å². The normalized spacial score (nSPS) is 12.7. The molecule has 1 unspecified atom stereocenters. The fourth-order valence-electron chi connectivity index (χ4n) is 3.33. The van der Waals surface area contributed by atoms with Gasteiger partial charge in [0.2, 0.25) is 10.0 Å². The molecule has 0 radical (unpaired) electrons. The smallest absolute Gasteiger partial charge is 0.241 e. The Hall–Kier alpha value is -2.50. The third-order valence-electron chi connectivity index (χ3n) is 4.32. The molecule has 134 valence electrons. The van der Waals surface area contributed by atoms with Crippen LogP contribution in [0.2, 0.25) is 0 Å². The number of nitrogens with zero attached hydrogens (tertiary/aromatic N) is 1. The summed E-state index contributed by atoms with van der Waals surface area (Å²) in [5, 5.41) is 0. The number of rotatable bonds is 5. The Kier molecular flexibility index (Phi) is 5.20. The topological polar surface area (TPSA) is 59.1 Å². The van der Waals surface area contributed by atoms with Crippen LogP contribution >= 0.6 is 0 Å². The Bertz CT molecular complexity index is 938. The van der Waals surface area contributed by atoms with Gasteiger partial charge in [0.05, 0.1) is 10.9 Å². The molecule has 0 aliphatic carbocycles. The van der Waals surface area contributed by atoms with E-state index in [2.05, 4.69) is 9.71 Å². The van der Waals surface area contributed by atoms with Gasteiger partial charge in [0.15, 0.2) is 0 Å². The van der Waals surface area contributed by atoms with Gasteiger partial charge in [-0.1, -0.05) is 48.0 Å². The lowest BCUT2D eigenvalue weighted by Gasteiger charge is -2.21. The molecule has 3 aromatic rings. The lowest BCUT2D eigenvalue weighted by molar-refractivity contribution is 0.570. The molecule has 0 aliphatic heterocycles. The van der Waals surface area contributed by atoms with Gasteiger partial charge in [-0.15, -0.1) is 0 Å². The summed E-state index contributed by atoms with van der Waals surface area (Å²) in [6, 6.07) is 16.5. The van der Waals surface area contributed by atoms with Crippen molar-refractivity contribution in [3.05, 3.63) is 94.8 Å². The van der Waals surface area contributed by atoms with Gasteiger partial charge in [-0.3, -0.25) is 4.98 Å². The zero-order chi connectivity index (χ0) is 18.7. The van der Waals surface area contributed by atoms with Crippen molar-refractivity contribution in [2.45, 2.75) is 31.7 Å². The highest BCUT2D eigenvalue weighted by Gasteiger charge is 2.25. The van der Waals surface area contributed by atoms with E-state index in [9.17, 15) is 8.42 Å². The molecule has 0 bridgehead atoms. The lowest BCUT2D eigenvalue weighted by Crippen LogP contribution is -2.30. The first-order valence-electron chi connectivity index (χ1n) is 8.43. The van der Waals surface area contributed by atoms with Crippen LogP contribution in [-0.2, 0) is 10.0 Å². The van der Waals surface area contributed by atoms with Crippen molar-refractivity contribution in [1.29, 1.82) is 0 Å². The molecule has 1 atom stereocenters. The van der Waals surface area contributed by atoms with Crippen molar-refractivity contribution >= 4 is 10.0 Å². The minimum atomic E-state index is -3.70. The van der Waals surface area contributed by atoms with E-state index in [-0.39, 0.29) is 0 Å². The van der Waals surface area contributed by atoms with E-state index in [1.54, 1.807) is 12.4 Å². The standard InChI is InChI=1S/C21H22N2O2S/c1-15-13-16(2)21(17(3)14-15)26(24,25)23-20(18-7-5-4-6-8-18)19-9-11-22-12-10-19/h4-14,20,23H,1-3H3. The monoisotopic (exact) mass is 366 g/mol. The van der Waals surface area contributed by atoms with Gasteiger partial charge in [-0.2, -0.15) is 4.72 Å². The predicted octanol–water partition coefficient (Wildman–Crippen LogP) is 4.07. The van der Waals surface area contributed by atoms with E-state index in [1.165, 1.54) is 0 Å². The molecular weight excluding hydrogens is 344 g/mol. The molecule has 0 saturated carbocycles. The largest absolute Gasteiger partial charge is 0.265 e. The molecule has 0 aliphatic rings. The van der Waals surface area contributed by atoms with Gasteiger partial charge in [0.1, 0.15) is 0 Å². The Balaban J connectivity index is 2.07. The fraction of sp³-hybridized carbons (Fsp3) is 0.190. The molecule has 1 aromatic heterocycles. The second-order valence-electron chi connectivity index (χ2n) is 6.47. The molecule has 2 aromatic carbocycles. The number of pyridine rings is 1. The summed E-state index contributed by atoms with van der Waals surface area (Å²) >= 11 is 0. The van der Waals surface area contributed by atoms with E-state index in [1.807, 2.05) is 75.4 Å². The number of sulfonamides is 1. The highest BCUT2D eigenvalue weighted by molar-refractivity contribution is 7.89. The van der Waals surface area contributed by atoms with E-state index in [0.29, 0.717) is 4.90 Å². The zero-order valence-electron chi connectivity index (χ0n) is 15.1. The molecular formula is C21H22N2O2S. The van der Waals surface area contributed by atoms with Crippen LogP contribution < -0.4 is 4.72 Å². The molecule has 0 spiro atoms. The third kappa shape index (κ3) is 3.84. The molecule has 0 saturated heterocycles. The highest BCUT2D eigenvalue weighted by atomic mass is 32.2. The summed E-state index contributed by atoms with van der Waals surface area (Å²) in [7, 11) is -3.70. The van der Waals surface area contributed by atoms with Gasteiger partial charge < -0.3 is 0 Å². The first-order chi connectivity index (χ1) is 12.4. The minimum absolute atomic E-state index is 0.345. The molecule has 1 N–H and O–H groups in total. The lowest BCUT2D eigenvalue weighted by atomic mass is 10.0. The molecule has 3 rings (SSSR count). The maximum atomic E-state index is 13.2. The van der Waals surface area contributed by atoms with Crippen LogP contribution in [0.1, 0.15) is 33.9 Å². The number of hydrogen-bond donors (Lipinski definition) is 1. The van der Waals surface area contributed by atoms with E-state index >= 15 is 0 Å². The summed E-state index contributed by atoms with van der Waals surface area (Å²) in [5.41, 5.74) is 4.27. The van der Waals surface area contributed by atoms with Gasteiger partial charge in [0.25, 0.3) is 0 Å². The first-order valence-corrected chi connectivity index (χ1v) is 9.92. The van der Waals surface area contributed by atoms with E-state index in [0.717, 1.165) is 27.8 Å². The number of nitrogens with one attached hydrogen (secondary N) is 1. The van der Waals surface area contributed by atoms with Crippen LogP contribution in [0.4, 0.5) is 0 Å². The summed E-state index contributed by atoms with van der Waals surface area (Å²) in [5.74, 6) is 0. The van der Waals surface area contributed by atoms with Crippen molar-refractivity contribution in [1.82, 2.24) is 9.71 Å². The fourth-order valence-corrected chi connectivity index (χ4v) is 5.00. The van der Waals surface area contributed by atoms with Crippen LogP contribution in [0, 0.1) is 20.8 Å². The minimum Gasteiger partial charge on any atom is -0.265 e. The van der Waals surface area contributed by atoms with Gasteiger partial charge in [-0.05, 0) is 55.2 Å². The number of aromatic nitrogens is 1. The van der Waals surface area contributed by atoms with Crippen molar-refractivity contribution < 1.29 is 8.42 Å². The van der Waals surface area contributed by atoms with Gasteiger partial charge in [0, 0.05) is 12.4 Å². The zero-order valence-corrected chi connectivity index (χ0v) is 15.9. The summed E-state index contributed by atoms with van der Waals surface area (Å²) in [6.45, 7) is 5.63. The number of hydrogen-bond acceptors (Lipinski definition) is 3. The Labute approximate surface area is 155 Å². The molecule has 26 heavy (non-hydrogen) atoms. The average Bonchev–Trinajstić information content (AvgIpc) is 2.60. The third-order valence-corrected chi connectivity index (χ3v) is 6.05. The van der Waals surface area contributed by atoms with Crippen LogP contribution in [0.3, 0.4) is 0 Å². The summed E-state index contributed by atoms with van der Waals surface area (Å²) in [4.78, 5) is 4.38. The van der Waals surface area contributed by atoms with Crippen molar-refractivity contribution in [3.8, 4) is 0 Å². The molecule has 4 nitrogen and oxygen atoms in total. The molecule has 0 amide bonds. The Morgan fingerprint density at radius 2 is 1.38 bits per heavy atom. The van der Waals surface area contributed by atoms with Crippen LogP contribution in [0.25, 0.3) is 0 Å². The Morgan fingerprint density at radius 1 is 0.846 bits per heavy atom. The molecule has 5 heteroatoms. The number of aryl methyl sites for hydroxylation is 3. The second kappa shape index (κ2) is 7.40. The van der Waals surface area contributed by atoms with Crippen molar-refractivity contribution in [2.75, 3.05) is 0 Å². The van der Waals surface area contributed by atoms with Crippen LogP contribution in [-0.4, -0.2) is 13.4 Å². The second-order valence-corrected chi connectivity index (χ2v) is 8.12. The molecule has 0 fully saturated rings. The average molecular weight is 366 g/mol. The van der Waals surface area contributed by atoms with Gasteiger partial charge >= 0.3 is 0 Å². The van der Waals surface area contributed by atoms with Crippen molar-refractivity contribution in [2.24, 2.45) is 0 Å². The SMILES string of the molecule is Cc1cc(C)c(S(=O)(=O)NC(c2ccccc2)c2ccncc2)c(C)c1. The van der Waals surface area contributed by atoms with Crippen LogP contribution in [0.5, 0.6) is 0 Å². The quantitative estimate of drug-likeness (QED) is 0.740. The summed E-state index contributed by atoms with van der Waals surface area (Å²) < 4.78 is 29.3. The first kappa shape index (κ1) is 18.3.